The molecular weight excluding hydrogens is 413 g/mol. The number of halogens is 1. The fourth-order valence-electron chi connectivity index (χ4n) is 3.21. The Hall–Kier alpha value is -3.68. The number of ether oxygens (including phenoxy) is 2. The number of hydrogen-bond acceptors (Lipinski definition) is 5. The molecule has 1 heterocycles. The van der Waals surface area contributed by atoms with Crippen molar-refractivity contribution in [2.45, 2.75) is 39.5 Å². The first-order chi connectivity index (χ1) is 15.3. The molecule has 0 radical (unpaired) electrons. The largest absolute Gasteiger partial charge is 0.465 e. The predicted octanol–water partition coefficient (Wildman–Crippen LogP) is 4.41. The van der Waals surface area contributed by atoms with E-state index >= 15 is 0 Å². The summed E-state index contributed by atoms with van der Waals surface area (Å²) < 4.78 is 25.3. The number of imidazole rings is 1. The number of aromatic nitrogens is 2. The van der Waals surface area contributed by atoms with Crippen LogP contribution >= 0.6 is 0 Å². The highest BCUT2D eigenvalue weighted by molar-refractivity contribution is 5.70. The molecule has 168 valence electrons. The van der Waals surface area contributed by atoms with Crippen LogP contribution in [-0.4, -0.2) is 28.2 Å². The number of amides is 1. The average molecular weight is 439 g/mol. The lowest BCUT2D eigenvalue weighted by molar-refractivity contribution is -0.143. The fraction of sp³-hybridized carbons (Fsp3) is 0.292. The molecule has 32 heavy (non-hydrogen) atoms. The lowest BCUT2D eigenvalue weighted by Crippen LogP contribution is -2.43. The van der Waals surface area contributed by atoms with Crippen LogP contribution in [0.25, 0.3) is 11.3 Å². The van der Waals surface area contributed by atoms with Gasteiger partial charge in [0, 0.05) is 11.8 Å². The van der Waals surface area contributed by atoms with E-state index in [-0.39, 0.29) is 25.6 Å². The summed E-state index contributed by atoms with van der Waals surface area (Å²) in [6, 6.07) is 15.2. The van der Waals surface area contributed by atoms with E-state index in [1.165, 1.54) is 12.1 Å². The van der Waals surface area contributed by atoms with E-state index in [1.54, 1.807) is 43.7 Å². The average Bonchev–Trinajstić information content (AvgIpc) is 3.18. The number of nitrogens with one attached hydrogen (secondary N) is 1. The monoisotopic (exact) mass is 439 g/mol. The molecule has 3 rings (SSSR count). The van der Waals surface area contributed by atoms with E-state index in [2.05, 4.69) is 10.3 Å². The first kappa shape index (κ1) is 23.0. The van der Waals surface area contributed by atoms with Gasteiger partial charge in [0.1, 0.15) is 24.8 Å². The topological polar surface area (TPSA) is 82.5 Å². The van der Waals surface area contributed by atoms with Gasteiger partial charge in [0.05, 0.1) is 17.8 Å². The van der Waals surface area contributed by atoms with Gasteiger partial charge in [0.15, 0.2) is 0 Å². The standard InChI is InChI=1S/C24H26FN3O4/c1-4-31-21(29)15-28-14-20(18-10-12-19(25)13-11-18)26-22(28)24(2,3)27-23(30)32-16-17-8-6-5-7-9-17/h5-14H,4,15-16H2,1-3H3,(H,27,30). The molecule has 0 unspecified atom stereocenters. The maximum atomic E-state index is 13.3. The van der Waals surface area contributed by atoms with Crippen LogP contribution < -0.4 is 5.32 Å². The molecule has 0 fully saturated rings. The number of carbonyl (C=O) groups excluding carboxylic acids is 2. The maximum Gasteiger partial charge on any atom is 0.408 e. The van der Waals surface area contributed by atoms with E-state index in [0.29, 0.717) is 17.1 Å². The van der Waals surface area contributed by atoms with Gasteiger partial charge in [-0.05, 0) is 50.6 Å². The summed E-state index contributed by atoms with van der Waals surface area (Å²) in [4.78, 5) is 29.2. The van der Waals surface area contributed by atoms with Crippen LogP contribution in [0.2, 0.25) is 0 Å². The molecular formula is C24H26FN3O4. The highest BCUT2D eigenvalue weighted by atomic mass is 19.1. The molecule has 0 aliphatic carbocycles. The lowest BCUT2D eigenvalue weighted by Gasteiger charge is -2.26. The Morgan fingerprint density at radius 3 is 2.41 bits per heavy atom. The molecule has 0 aliphatic rings. The van der Waals surface area contributed by atoms with Crippen LogP contribution in [0.4, 0.5) is 9.18 Å². The van der Waals surface area contributed by atoms with Crippen LogP contribution in [0.1, 0.15) is 32.2 Å². The van der Waals surface area contributed by atoms with Crippen molar-refractivity contribution in [3.05, 3.63) is 78.0 Å². The number of rotatable bonds is 8. The number of benzene rings is 2. The highest BCUT2D eigenvalue weighted by Gasteiger charge is 2.30. The molecule has 1 amide bonds. The van der Waals surface area contributed by atoms with Crippen molar-refractivity contribution in [2.75, 3.05) is 6.61 Å². The van der Waals surface area contributed by atoms with Crippen LogP contribution in [-0.2, 0) is 33.0 Å². The summed E-state index contributed by atoms with van der Waals surface area (Å²) >= 11 is 0. The quantitative estimate of drug-likeness (QED) is 0.526. The van der Waals surface area contributed by atoms with Crippen LogP contribution in [0, 0.1) is 5.82 Å². The second-order valence-electron chi connectivity index (χ2n) is 7.70. The minimum atomic E-state index is -0.974. The van der Waals surface area contributed by atoms with Crippen LogP contribution in [0.5, 0.6) is 0 Å². The van der Waals surface area contributed by atoms with Crippen molar-refractivity contribution < 1.29 is 23.5 Å². The second-order valence-corrected chi connectivity index (χ2v) is 7.70. The summed E-state index contributed by atoms with van der Waals surface area (Å²) in [7, 11) is 0. The first-order valence-electron chi connectivity index (χ1n) is 10.3. The Balaban J connectivity index is 1.82. The molecule has 0 aliphatic heterocycles. The van der Waals surface area contributed by atoms with Gasteiger partial charge in [0.25, 0.3) is 0 Å². The fourth-order valence-corrected chi connectivity index (χ4v) is 3.21. The van der Waals surface area contributed by atoms with Crippen molar-refractivity contribution in [3.63, 3.8) is 0 Å². The van der Waals surface area contributed by atoms with Gasteiger partial charge >= 0.3 is 12.1 Å². The van der Waals surface area contributed by atoms with Crippen molar-refractivity contribution in [3.8, 4) is 11.3 Å². The van der Waals surface area contributed by atoms with Crippen molar-refractivity contribution in [1.29, 1.82) is 0 Å². The summed E-state index contributed by atoms with van der Waals surface area (Å²) in [6.45, 7) is 5.54. The normalized spacial score (nSPS) is 11.1. The lowest BCUT2D eigenvalue weighted by atomic mass is 10.1. The van der Waals surface area contributed by atoms with Crippen LogP contribution in [0.3, 0.4) is 0 Å². The third kappa shape index (κ3) is 5.94. The van der Waals surface area contributed by atoms with Gasteiger partial charge in [-0.15, -0.1) is 0 Å². The number of esters is 1. The number of carbonyl (C=O) groups is 2. The molecule has 0 saturated heterocycles. The molecule has 0 atom stereocenters. The third-order valence-corrected chi connectivity index (χ3v) is 4.71. The molecule has 1 aromatic heterocycles. The summed E-state index contributed by atoms with van der Waals surface area (Å²) in [5.41, 5.74) is 1.11. The second kappa shape index (κ2) is 10.1. The zero-order valence-corrected chi connectivity index (χ0v) is 18.3. The van der Waals surface area contributed by atoms with Gasteiger partial charge in [0.2, 0.25) is 0 Å². The smallest absolute Gasteiger partial charge is 0.408 e. The Kier molecular flexibility index (Phi) is 7.25. The van der Waals surface area contributed by atoms with Crippen molar-refractivity contribution in [2.24, 2.45) is 0 Å². The zero-order chi connectivity index (χ0) is 23.1. The Morgan fingerprint density at radius 1 is 1.06 bits per heavy atom. The molecule has 0 spiro atoms. The van der Waals surface area contributed by atoms with E-state index < -0.39 is 17.6 Å². The van der Waals surface area contributed by atoms with E-state index in [4.69, 9.17) is 9.47 Å². The number of nitrogens with zero attached hydrogens (tertiary/aromatic N) is 2. The van der Waals surface area contributed by atoms with Crippen LogP contribution in [0.15, 0.2) is 60.8 Å². The molecule has 0 bridgehead atoms. The molecule has 2 aromatic carbocycles. The summed E-state index contributed by atoms with van der Waals surface area (Å²) in [5.74, 6) is -0.358. The Bertz CT molecular complexity index is 1060. The van der Waals surface area contributed by atoms with Gasteiger partial charge in [-0.25, -0.2) is 14.2 Å². The molecule has 1 N–H and O–H groups in total. The van der Waals surface area contributed by atoms with E-state index in [1.807, 2.05) is 30.3 Å². The molecule has 3 aromatic rings. The molecule has 8 heteroatoms. The molecule has 0 saturated carbocycles. The Labute approximate surface area is 186 Å². The van der Waals surface area contributed by atoms with Gasteiger partial charge in [-0.2, -0.15) is 0 Å². The first-order valence-corrected chi connectivity index (χ1v) is 10.3. The van der Waals surface area contributed by atoms with Crippen molar-refractivity contribution in [1.82, 2.24) is 14.9 Å². The third-order valence-electron chi connectivity index (χ3n) is 4.71. The van der Waals surface area contributed by atoms with E-state index in [0.717, 1.165) is 5.56 Å². The maximum absolute atomic E-state index is 13.3. The van der Waals surface area contributed by atoms with Crippen molar-refractivity contribution >= 4 is 12.1 Å². The SMILES string of the molecule is CCOC(=O)Cn1cc(-c2ccc(F)cc2)nc1C(C)(C)NC(=O)OCc1ccccc1. The number of alkyl carbamates (subject to hydrolysis) is 1. The van der Waals surface area contributed by atoms with Gasteiger partial charge in [-0.1, -0.05) is 30.3 Å². The highest BCUT2D eigenvalue weighted by Crippen LogP contribution is 2.26. The summed E-state index contributed by atoms with van der Waals surface area (Å²) in [5, 5.41) is 2.81. The summed E-state index contributed by atoms with van der Waals surface area (Å²) in [6.07, 6.45) is 1.06. The van der Waals surface area contributed by atoms with E-state index in [9.17, 15) is 14.0 Å². The zero-order valence-electron chi connectivity index (χ0n) is 18.3. The van der Waals surface area contributed by atoms with Gasteiger partial charge in [-0.3, -0.25) is 4.79 Å². The minimum Gasteiger partial charge on any atom is -0.465 e. The number of hydrogen-bond donors (Lipinski definition) is 1. The minimum absolute atomic E-state index is 0.0818. The van der Waals surface area contributed by atoms with Gasteiger partial charge < -0.3 is 19.4 Å². The Morgan fingerprint density at radius 2 is 1.75 bits per heavy atom. The molecule has 7 nitrogen and oxygen atoms in total. The predicted molar refractivity (Wildman–Crippen MR) is 117 cm³/mol.